The molecule has 0 bridgehead atoms. The van der Waals surface area contributed by atoms with Gasteiger partial charge >= 0.3 is 0 Å². The minimum atomic E-state index is -0.644. The third-order valence-electron chi connectivity index (χ3n) is 3.59. The summed E-state index contributed by atoms with van der Waals surface area (Å²) < 4.78 is 17.7. The summed E-state index contributed by atoms with van der Waals surface area (Å²) in [5.41, 5.74) is 6.67. The van der Waals surface area contributed by atoms with E-state index in [-0.39, 0.29) is 23.7 Å². The van der Waals surface area contributed by atoms with Crippen molar-refractivity contribution < 1.29 is 13.9 Å². The van der Waals surface area contributed by atoms with Crippen LogP contribution in [0.2, 0.25) is 0 Å². The molecule has 3 N–H and O–H groups in total. The van der Waals surface area contributed by atoms with Gasteiger partial charge in [-0.15, -0.1) is 0 Å². The normalized spacial score (nSPS) is 17.8. The molecule has 1 aliphatic rings. The van der Waals surface area contributed by atoms with Crippen LogP contribution in [0.15, 0.2) is 24.3 Å². The molecule has 1 atom stereocenters. The highest BCUT2D eigenvalue weighted by Crippen LogP contribution is 2.47. The zero-order valence-corrected chi connectivity index (χ0v) is 11.0. The Kier molecular flexibility index (Phi) is 4.17. The summed E-state index contributed by atoms with van der Waals surface area (Å²) in [5.74, 6) is -0.457. The van der Waals surface area contributed by atoms with E-state index >= 15 is 0 Å². The molecule has 19 heavy (non-hydrogen) atoms. The molecule has 0 saturated heterocycles. The molecule has 1 fully saturated rings. The maximum Gasteiger partial charge on any atom is 0.239 e. The van der Waals surface area contributed by atoms with Crippen molar-refractivity contribution in [3.8, 4) is 0 Å². The zero-order chi connectivity index (χ0) is 13.9. The molecule has 104 valence electrons. The van der Waals surface area contributed by atoms with Gasteiger partial charge in [0.1, 0.15) is 11.9 Å². The third-order valence-corrected chi connectivity index (χ3v) is 3.59. The lowest BCUT2D eigenvalue weighted by atomic mass is 9.96. The minimum absolute atomic E-state index is 0.0455. The third kappa shape index (κ3) is 3.30. The SMILES string of the molecule is COCC(N)C(=O)NCC1(c2ccc(F)cc2)CC1. The molecule has 0 aromatic heterocycles. The van der Waals surface area contributed by atoms with Gasteiger partial charge in [-0.3, -0.25) is 4.79 Å². The number of ether oxygens (including phenoxy) is 1. The van der Waals surface area contributed by atoms with Crippen molar-refractivity contribution in [2.75, 3.05) is 20.3 Å². The van der Waals surface area contributed by atoms with Gasteiger partial charge in [0.05, 0.1) is 6.61 Å². The largest absolute Gasteiger partial charge is 0.383 e. The molecule has 1 amide bonds. The molecule has 1 aliphatic carbocycles. The summed E-state index contributed by atoms with van der Waals surface area (Å²) in [6.07, 6.45) is 2.00. The fraction of sp³-hybridized carbons (Fsp3) is 0.500. The van der Waals surface area contributed by atoms with Gasteiger partial charge in [-0.2, -0.15) is 0 Å². The van der Waals surface area contributed by atoms with Gasteiger partial charge < -0.3 is 15.8 Å². The van der Waals surface area contributed by atoms with E-state index in [2.05, 4.69) is 5.32 Å². The summed E-state index contributed by atoms with van der Waals surface area (Å²) in [7, 11) is 1.51. The molecular weight excluding hydrogens is 247 g/mol. The first-order valence-electron chi connectivity index (χ1n) is 6.36. The Morgan fingerprint density at radius 2 is 2.11 bits per heavy atom. The average Bonchev–Trinajstić information content (AvgIpc) is 3.18. The van der Waals surface area contributed by atoms with Crippen LogP contribution in [0.5, 0.6) is 0 Å². The predicted octanol–water partition coefficient (Wildman–Crippen LogP) is 0.947. The second kappa shape index (κ2) is 5.67. The van der Waals surface area contributed by atoms with Gasteiger partial charge in [-0.05, 0) is 30.5 Å². The van der Waals surface area contributed by atoms with Crippen LogP contribution in [0, 0.1) is 5.82 Å². The lowest BCUT2D eigenvalue weighted by Crippen LogP contribution is -2.45. The number of amides is 1. The Morgan fingerprint density at radius 1 is 1.47 bits per heavy atom. The number of rotatable bonds is 6. The Morgan fingerprint density at radius 3 is 2.63 bits per heavy atom. The van der Waals surface area contributed by atoms with E-state index < -0.39 is 6.04 Å². The van der Waals surface area contributed by atoms with Crippen molar-refractivity contribution in [3.05, 3.63) is 35.6 Å². The van der Waals surface area contributed by atoms with E-state index in [0.717, 1.165) is 18.4 Å². The number of carbonyl (C=O) groups excluding carboxylic acids is 1. The molecule has 4 nitrogen and oxygen atoms in total. The first kappa shape index (κ1) is 14.0. The lowest BCUT2D eigenvalue weighted by molar-refractivity contribution is -0.123. The molecule has 0 heterocycles. The first-order chi connectivity index (χ1) is 9.07. The van der Waals surface area contributed by atoms with Gasteiger partial charge in [-0.25, -0.2) is 4.39 Å². The van der Waals surface area contributed by atoms with E-state index in [1.165, 1.54) is 19.2 Å². The fourth-order valence-corrected chi connectivity index (χ4v) is 2.16. The van der Waals surface area contributed by atoms with Crippen LogP contribution in [0.1, 0.15) is 18.4 Å². The molecular formula is C14H19FN2O2. The highest BCUT2D eigenvalue weighted by molar-refractivity contribution is 5.81. The number of benzene rings is 1. The second-order valence-electron chi connectivity index (χ2n) is 5.07. The van der Waals surface area contributed by atoms with Crippen molar-refractivity contribution in [2.24, 2.45) is 5.73 Å². The number of nitrogens with one attached hydrogen (secondary N) is 1. The van der Waals surface area contributed by atoms with Crippen LogP contribution in [0.3, 0.4) is 0 Å². The van der Waals surface area contributed by atoms with Crippen LogP contribution < -0.4 is 11.1 Å². The molecule has 1 saturated carbocycles. The number of halogens is 1. The van der Waals surface area contributed by atoms with E-state index in [1.807, 2.05) is 0 Å². The van der Waals surface area contributed by atoms with Crippen molar-refractivity contribution in [3.63, 3.8) is 0 Å². The Balaban J connectivity index is 1.92. The molecule has 2 rings (SSSR count). The zero-order valence-electron chi connectivity index (χ0n) is 11.0. The Bertz CT molecular complexity index is 443. The summed E-state index contributed by atoms with van der Waals surface area (Å²) in [6, 6.07) is 5.82. The molecule has 1 unspecified atom stereocenters. The van der Waals surface area contributed by atoms with Crippen LogP contribution in [0.25, 0.3) is 0 Å². The molecule has 1 aromatic carbocycles. The van der Waals surface area contributed by atoms with Gasteiger partial charge in [0.25, 0.3) is 0 Å². The van der Waals surface area contributed by atoms with Gasteiger partial charge in [-0.1, -0.05) is 12.1 Å². The van der Waals surface area contributed by atoms with E-state index in [9.17, 15) is 9.18 Å². The Labute approximate surface area is 112 Å². The van der Waals surface area contributed by atoms with Crippen LogP contribution in [-0.4, -0.2) is 32.2 Å². The summed E-state index contributed by atoms with van der Waals surface area (Å²) >= 11 is 0. The summed E-state index contributed by atoms with van der Waals surface area (Å²) in [4.78, 5) is 11.7. The fourth-order valence-electron chi connectivity index (χ4n) is 2.16. The smallest absolute Gasteiger partial charge is 0.239 e. The monoisotopic (exact) mass is 266 g/mol. The summed E-state index contributed by atoms with van der Waals surface area (Å²) in [6.45, 7) is 0.740. The quantitative estimate of drug-likeness (QED) is 0.805. The van der Waals surface area contributed by atoms with Crippen LogP contribution in [-0.2, 0) is 14.9 Å². The number of hydrogen-bond donors (Lipinski definition) is 2. The highest BCUT2D eigenvalue weighted by Gasteiger charge is 2.44. The van der Waals surface area contributed by atoms with Crippen molar-refractivity contribution in [1.29, 1.82) is 0 Å². The standard InChI is InChI=1S/C14H19FN2O2/c1-19-8-12(16)13(18)17-9-14(6-7-14)10-2-4-11(15)5-3-10/h2-5,12H,6-9,16H2,1H3,(H,17,18). The maximum absolute atomic E-state index is 12.9. The topological polar surface area (TPSA) is 64.3 Å². The van der Waals surface area contributed by atoms with E-state index in [0.29, 0.717) is 6.54 Å². The molecule has 5 heteroatoms. The summed E-state index contributed by atoms with van der Waals surface area (Å²) in [5, 5.41) is 2.85. The second-order valence-corrected chi connectivity index (χ2v) is 5.07. The van der Waals surface area contributed by atoms with Crippen LogP contribution in [0.4, 0.5) is 4.39 Å². The lowest BCUT2D eigenvalue weighted by Gasteiger charge is -2.18. The number of hydrogen-bond acceptors (Lipinski definition) is 3. The number of nitrogens with two attached hydrogens (primary N) is 1. The van der Waals surface area contributed by atoms with Crippen LogP contribution >= 0.6 is 0 Å². The molecule has 0 aliphatic heterocycles. The molecule has 1 aromatic rings. The van der Waals surface area contributed by atoms with Gasteiger partial charge in [0, 0.05) is 19.1 Å². The molecule has 0 spiro atoms. The predicted molar refractivity (Wildman–Crippen MR) is 70.2 cm³/mol. The van der Waals surface area contributed by atoms with Crippen molar-refractivity contribution in [1.82, 2.24) is 5.32 Å². The maximum atomic E-state index is 12.9. The average molecular weight is 266 g/mol. The van der Waals surface area contributed by atoms with Gasteiger partial charge in [0.15, 0.2) is 0 Å². The number of carbonyl (C=O) groups is 1. The van der Waals surface area contributed by atoms with E-state index in [1.54, 1.807) is 12.1 Å². The van der Waals surface area contributed by atoms with Crippen molar-refractivity contribution in [2.45, 2.75) is 24.3 Å². The highest BCUT2D eigenvalue weighted by atomic mass is 19.1. The van der Waals surface area contributed by atoms with Crippen molar-refractivity contribution >= 4 is 5.91 Å². The number of methoxy groups -OCH3 is 1. The molecule has 0 radical (unpaired) electrons. The Hall–Kier alpha value is -1.46. The van der Waals surface area contributed by atoms with Gasteiger partial charge in [0.2, 0.25) is 5.91 Å². The first-order valence-corrected chi connectivity index (χ1v) is 6.36. The minimum Gasteiger partial charge on any atom is -0.383 e. The van der Waals surface area contributed by atoms with E-state index in [4.69, 9.17) is 10.5 Å².